The number of hydrogen-bond acceptors (Lipinski definition) is 5. The predicted molar refractivity (Wildman–Crippen MR) is 72.4 cm³/mol. The summed E-state index contributed by atoms with van der Waals surface area (Å²) < 4.78 is 10.9. The third-order valence-electron chi connectivity index (χ3n) is 4.11. The molecule has 2 aliphatic rings. The summed E-state index contributed by atoms with van der Waals surface area (Å²) in [6.45, 7) is 1.22. The topological polar surface area (TPSA) is 74.5 Å². The van der Waals surface area contributed by atoms with Crippen LogP contribution in [0.25, 0.3) is 0 Å². The number of morpholine rings is 1. The second-order valence-corrected chi connectivity index (χ2v) is 5.56. The average molecular weight is 274 g/mol. The van der Waals surface area contributed by atoms with E-state index in [9.17, 15) is 5.11 Å². The largest absolute Gasteiger partial charge is 0.496 e. The summed E-state index contributed by atoms with van der Waals surface area (Å²) in [7, 11) is 1.58. The molecular formula is C15H18N2O3. The maximum Gasteiger partial charge on any atom is 0.125 e. The number of hydrogen-bond donors (Lipinski definition) is 2. The van der Waals surface area contributed by atoms with Crippen LogP contribution in [0.4, 0.5) is 0 Å². The van der Waals surface area contributed by atoms with Gasteiger partial charge in [0.2, 0.25) is 0 Å². The molecule has 2 aliphatic heterocycles. The molecule has 5 heteroatoms. The standard InChI is InChI=1S/C15H18N2O3/c1-19-14-3-2-10(7-16)4-13(14)15(18)5-11-8-20-9-12(6-15)17-11/h2-4,11-12,17-18H,5-6,8-9H2,1H3. The van der Waals surface area contributed by atoms with Crippen LogP contribution in [0, 0.1) is 11.3 Å². The smallest absolute Gasteiger partial charge is 0.125 e. The van der Waals surface area contributed by atoms with Gasteiger partial charge in [0.25, 0.3) is 0 Å². The Labute approximate surface area is 118 Å². The minimum absolute atomic E-state index is 0.142. The van der Waals surface area contributed by atoms with E-state index in [1.54, 1.807) is 25.3 Å². The van der Waals surface area contributed by atoms with Gasteiger partial charge in [-0.15, -0.1) is 0 Å². The summed E-state index contributed by atoms with van der Waals surface area (Å²) in [4.78, 5) is 0. The van der Waals surface area contributed by atoms with E-state index >= 15 is 0 Å². The molecule has 2 fully saturated rings. The third-order valence-corrected chi connectivity index (χ3v) is 4.11. The molecule has 5 nitrogen and oxygen atoms in total. The molecule has 0 radical (unpaired) electrons. The Kier molecular flexibility index (Phi) is 3.38. The second-order valence-electron chi connectivity index (χ2n) is 5.56. The summed E-state index contributed by atoms with van der Waals surface area (Å²) in [5, 5.41) is 23.6. The van der Waals surface area contributed by atoms with E-state index in [0.717, 1.165) is 0 Å². The highest BCUT2D eigenvalue weighted by Crippen LogP contribution is 2.41. The molecule has 0 saturated carbocycles. The Bertz CT molecular complexity index is 541. The molecule has 2 atom stereocenters. The Morgan fingerprint density at radius 2 is 2.10 bits per heavy atom. The van der Waals surface area contributed by atoms with E-state index in [1.165, 1.54) is 0 Å². The van der Waals surface area contributed by atoms with Crippen LogP contribution in [0.5, 0.6) is 5.75 Å². The highest BCUT2D eigenvalue weighted by Gasteiger charge is 2.43. The molecule has 2 bridgehead atoms. The van der Waals surface area contributed by atoms with E-state index in [4.69, 9.17) is 14.7 Å². The number of methoxy groups -OCH3 is 1. The van der Waals surface area contributed by atoms with Gasteiger partial charge >= 0.3 is 0 Å². The van der Waals surface area contributed by atoms with Crippen molar-refractivity contribution in [2.75, 3.05) is 20.3 Å². The molecule has 0 aliphatic carbocycles. The highest BCUT2D eigenvalue weighted by molar-refractivity contribution is 5.45. The first kappa shape index (κ1) is 13.4. The van der Waals surface area contributed by atoms with E-state index in [2.05, 4.69) is 11.4 Å². The number of nitrogens with zero attached hydrogens (tertiary/aromatic N) is 1. The lowest BCUT2D eigenvalue weighted by Gasteiger charge is -2.45. The van der Waals surface area contributed by atoms with Crippen LogP contribution < -0.4 is 10.1 Å². The summed E-state index contributed by atoms with van der Waals surface area (Å²) in [6.07, 6.45) is 1.13. The fourth-order valence-electron chi connectivity index (χ4n) is 3.28. The van der Waals surface area contributed by atoms with Crippen molar-refractivity contribution < 1.29 is 14.6 Å². The first-order chi connectivity index (χ1) is 9.64. The van der Waals surface area contributed by atoms with Crippen molar-refractivity contribution >= 4 is 0 Å². The molecule has 1 aromatic carbocycles. The maximum absolute atomic E-state index is 11.1. The zero-order chi connectivity index (χ0) is 14.2. The van der Waals surface area contributed by atoms with Gasteiger partial charge in [-0.2, -0.15) is 5.26 Å². The Morgan fingerprint density at radius 3 is 2.70 bits per heavy atom. The van der Waals surface area contributed by atoms with Gasteiger partial charge in [0, 0.05) is 17.6 Å². The number of rotatable bonds is 2. The third kappa shape index (κ3) is 2.27. The van der Waals surface area contributed by atoms with Gasteiger partial charge in [0.05, 0.1) is 37.6 Å². The number of fused-ring (bicyclic) bond motifs is 2. The van der Waals surface area contributed by atoms with Crippen molar-refractivity contribution in [2.24, 2.45) is 0 Å². The van der Waals surface area contributed by atoms with Gasteiger partial charge in [-0.25, -0.2) is 0 Å². The summed E-state index contributed by atoms with van der Waals surface area (Å²) in [6, 6.07) is 7.59. The zero-order valence-corrected chi connectivity index (χ0v) is 11.4. The van der Waals surface area contributed by atoms with Gasteiger partial charge in [0.15, 0.2) is 0 Å². The fourth-order valence-corrected chi connectivity index (χ4v) is 3.28. The molecule has 2 heterocycles. The SMILES string of the molecule is COc1ccc(C#N)cc1C1(O)CC2COCC(C1)N2. The van der Waals surface area contributed by atoms with E-state index < -0.39 is 5.60 Å². The van der Waals surface area contributed by atoms with Crippen molar-refractivity contribution in [1.82, 2.24) is 5.32 Å². The van der Waals surface area contributed by atoms with Gasteiger partial charge < -0.3 is 19.9 Å². The molecule has 2 saturated heterocycles. The minimum atomic E-state index is -0.970. The monoisotopic (exact) mass is 274 g/mol. The quantitative estimate of drug-likeness (QED) is 0.838. The number of nitriles is 1. The molecule has 3 rings (SSSR count). The zero-order valence-electron chi connectivity index (χ0n) is 11.4. The maximum atomic E-state index is 11.1. The Morgan fingerprint density at radius 1 is 1.40 bits per heavy atom. The van der Waals surface area contributed by atoms with Crippen LogP contribution in [0.15, 0.2) is 18.2 Å². The Hall–Kier alpha value is -1.61. The van der Waals surface area contributed by atoms with Crippen molar-refractivity contribution in [2.45, 2.75) is 30.5 Å². The number of piperidine rings is 1. The van der Waals surface area contributed by atoms with E-state index in [0.29, 0.717) is 42.9 Å². The molecule has 20 heavy (non-hydrogen) atoms. The first-order valence-electron chi connectivity index (χ1n) is 6.79. The molecule has 2 N–H and O–H groups in total. The molecule has 106 valence electrons. The van der Waals surface area contributed by atoms with Crippen LogP contribution >= 0.6 is 0 Å². The van der Waals surface area contributed by atoms with Crippen LogP contribution in [0.2, 0.25) is 0 Å². The van der Waals surface area contributed by atoms with E-state index in [1.807, 2.05) is 0 Å². The van der Waals surface area contributed by atoms with Crippen LogP contribution in [0.1, 0.15) is 24.0 Å². The normalized spacial score (nSPS) is 32.5. The van der Waals surface area contributed by atoms with Crippen LogP contribution in [0.3, 0.4) is 0 Å². The van der Waals surface area contributed by atoms with Gasteiger partial charge in [0.1, 0.15) is 5.75 Å². The summed E-state index contributed by atoms with van der Waals surface area (Å²) >= 11 is 0. The van der Waals surface area contributed by atoms with Gasteiger partial charge in [-0.3, -0.25) is 0 Å². The lowest BCUT2D eigenvalue weighted by atomic mass is 9.77. The summed E-state index contributed by atoms with van der Waals surface area (Å²) in [5.41, 5.74) is 0.273. The lowest BCUT2D eigenvalue weighted by Crippen LogP contribution is -2.58. The minimum Gasteiger partial charge on any atom is -0.496 e. The number of ether oxygens (including phenoxy) is 2. The average Bonchev–Trinajstić information content (AvgIpc) is 2.46. The Balaban J connectivity index is 2.00. The van der Waals surface area contributed by atoms with Crippen molar-refractivity contribution in [1.29, 1.82) is 5.26 Å². The van der Waals surface area contributed by atoms with Gasteiger partial charge in [-0.05, 0) is 31.0 Å². The van der Waals surface area contributed by atoms with Crippen molar-refractivity contribution in [3.05, 3.63) is 29.3 Å². The summed E-state index contributed by atoms with van der Waals surface area (Å²) in [5.74, 6) is 0.632. The molecule has 0 aromatic heterocycles. The van der Waals surface area contributed by atoms with E-state index in [-0.39, 0.29) is 12.1 Å². The van der Waals surface area contributed by atoms with Crippen LogP contribution in [-0.4, -0.2) is 37.5 Å². The molecule has 0 amide bonds. The molecule has 0 spiro atoms. The second kappa shape index (κ2) is 5.06. The predicted octanol–water partition coefficient (Wildman–Crippen LogP) is 0.905. The number of aliphatic hydroxyl groups is 1. The number of benzene rings is 1. The number of nitrogens with one attached hydrogen (secondary N) is 1. The van der Waals surface area contributed by atoms with Crippen molar-refractivity contribution in [3.8, 4) is 11.8 Å². The van der Waals surface area contributed by atoms with Gasteiger partial charge in [-0.1, -0.05) is 0 Å². The lowest BCUT2D eigenvalue weighted by molar-refractivity contribution is -0.0810. The highest BCUT2D eigenvalue weighted by atomic mass is 16.5. The molecule has 2 unspecified atom stereocenters. The van der Waals surface area contributed by atoms with Crippen molar-refractivity contribution in [3.63, 3.8) is 0 Å². The molecule has 1 aromatic rings. The molecular weight excluding hydrogens is 256 g/mol. The van der Waals surface area contributed by atoms with Crippen LogP contribution in [-0.2, 0) is 10.3 Å². The fraction of sp³-hybridized carbons (Fsp3) is 0.533. The first-order valence-corrected chi connectivity index (χ1v) is 6.79.